The van der Waals surface area contributed by atoms with Gasteiger partial charge in [0, 0.05) is 23.9 Å². The molecule has 0 amide bonds. The van der Waals surface area contributed by atoms with Gasteiger partial charge in [-0.3, -0.25) is 0 Å². The van der Waals surface area contributed by atoms with Crippen molar-refractivity contribution >= 4 is 17.0 Å². The lowest BCUT2D eigenvalue weighted by atomic mass is 10.0. The molecular formula is C18H14F2N6O2. The summed E-state index contributed by atoms with van der Waals surface area (Å²) in [6, 6.07) is 7.13. The number of rotatable bonds is 5. The second-order valence-corrected chi connectivity index (χ2v) is 5.84. The highest BCUT2D eigenvalue weighted by Crippen LogP contribution is 2.28. The zero-order valence-electron chi connectivity index (χ0n) is 14.6. The number of benzene rings is 1. The average molecular weight is 384 g/mol. The van der Waals surface area contributed by atoms with Crippen LogP contribution in [0.3, 0.4) is 0 Å². The molecule has 4 rings (SSSR count). The standard InChI is InChI=1S/C18H14F2N6O2/c1-27-16-3-2-9(7-22-16)10-4-12(19)11(13(20)5-10)8-28-14-6-15(21)23-18-17(14)24-26-25-18/h2-7H,8H2,1H3,(H3,21,23,24,25,26). The number of nitrogens with one attached hydrogen (secondary N) is 1. The summed E-state index contributed by atoms with van der Waals surface area (Å²) in [5.74, 6) is -0.711. The molecular weight excluding hydrogens is 370 g/mol. The van der Waals surface area contributed by atoms with Gasteiger partial charge in [0.2, 0.25) is 11.5 Å². The monoisotopic (exact) mass is 384 g/mol. The third kappa shape index (κ3) is 3.27. The van der Waals surface area contributed by atoms with Crippen LogP contribution in [0.4, 0.5) is 14.6 Å². The Morgan fingerprint density at radius 1 is 1.07 bits per heavy atom. The van der Waals surface area contributed by atoms with E-state index in [2.05, 4.69) is 25.4 Å². The Morgan fingerprint density at radius 3 is 2.54 bits per heavy atom. The van der Waals surface area contributed by atoms with E-state index in [9.17, 15) is 8.78 Å². The molecule has 28 heavy (non-hydrogen) atoms. The predicted octanol–water partition coefficient (Wildman–Crippen LogP) is 2.86. The Labute approximate surface area is 157 Å². The summed E-state index contributed by atoms with van der Waals surface area (Å²) in [6.45, 7) is -0.357. The number of fused-ring (bicyclic) bond motifs is 1. The van der Waals surface area contributed by atoms with Crippen molar-refractivity contribution in [2.24, 2.45) is 0 Å². The molecule has 0 fully saturated rings. The number of nitrogens with two attached hydrogens (primary N) is 1. The summed E-state index contributed by atoms with van der Waals surface area (Å²) in [5.41, 5.74) is 6.92. The van der Waals surface area contributed by atoms with Gasteiger partial charge in [-0.2, -0.15) is 10.3 Å². The fourth-order valence-corrected chi connectivity index (χ4v) is 2.67. The van der Waals surface area contributed by atoms with E-state index in [1.165, 1.54) is 31.5 Å². The van der Waals surface area contributed by atoms with Crippen molar-refractivity contribution in [3.63, 3.8) is 0 Å². The van der Waals surface area contributed by atoms with E-state index in [1.54, 1.807) is 12.1 Å². The van der Waals surface area contributed by atoms with E-state index in [0.717, 1.165) is 0 Å². The van der Waals surface area contributed by atoms with Gasteiger partial charge in [0.05, 0.1) is 12.7 Å². The molecule has 4 aromatic rings. The van der Waals surface area contributed by atoms with E-state index in [4.69, 9.17) is 15.2 Å². The first-order valence-corrected chi connectivity index (χ1v) is 8.13. The lowest BCUT2D eigenvalue weighted by Crippen LogP contribution is -2.04. The van der Waals surface area contributed by atoms with E-state index in [1.807, 2.05) is 0 Å². The summed E-state index contributed by atoms with van der Waals surface area (Å²) in [4.78, 5) is 8.01. The van der Waals surface area contributed by atoms with Crippen molar-refractivity contribution in [3.8, 4) is 22.8 Å². The van der Waals surface area contributed by atoms with Crippen molar-refractivity contribution in [2.45, 2.75) is 6.61 Å². The Morgan fingerprint density at radius 2 is 1.86 bits per heavy atom. The molecule has 3 heterocycles. The normalized spacial score (nSPS) is 11.0. The number of hydrogen-bond acceptors (Lipinski definition) is 7. The SMILES string of the molecule is COc1ccc(-c2cc(F)c(COc3cc(N)nc4n[nH]nc34)c(F)c2)cn1. The number of anilines is 1. The minimum Gasteiger partial charge on any atom is -0.486 e. The summed E-state index contributed by atoms with van der Waals surface area (Å²) in [7, 11) is 1.49. The largest absolute Gasteiger partial charge is 0.486 e. The highest BCUT2D eigenvalue weighted by Gasteiger charge is 2.16. The Bertz CT molecular complexity index is 1120. The molecule has 0 aliphatic carbocycles. The third-order valence-electron chi connectivity index (χ3n) is 4.07. The molecule has 0 radical (unpaired) electrons. The first-order valence-electron chi connectivity index (χ1n) is 8.13. The Balaban J connectivity index is 1.60. The molecule has 3 N–H and O–H groups in total. The van der Waals surface area contributed by atoms with E-state index < -0.39 is 11.6 Å². The molecule has 0 unspecified atom stereocenters. The van der Waals surface area contributed by atoms with Crippen molar-refractivity contribution in [1.82, 2.24) is 25.4 Å². The maximum Gasteiger partial charge on any atom is 0.212 e. The lowest BCUT2D eigenvalue weighted by Gasteiger charge is -2.11. The Hall–Kier alpha value is -3.82. The summed E-state index contributed by atoms with van der Waals surface area (Å²) in [6.07, 6.45) is 1.48. The van der Waals surface area contributed by atoms with E-state index in [0.29, 0.717) is 22.5 Å². The van der Waals surface area contributed by atoms with Crippen LogP contribution < -0.4 is 15.2 Å². The molecule has 0 bridgehead atoms. The quantitative estimate of drug-likeness (QED) is 0.544. The average Bonchev–Trinajstić information content (AvgIpc) is 3.15. The first kappa shape index (κ1) is 17.6. The molecule has 0 aliphatic heterocycles. The number of halogens is 2. The van der Waals surface area contributed by atoms with Crippen LogP contribution in [0.25, 0.3) is 22.3 Å². The number of nitrogens with zero attached hydrogens (tertiary/aromatic N) is 4. The van der Waals surface area contributed by atoms with Gasteiger partial charge in [0.25, 0.3) is 0 Å². The molecule has 1 aromatic carbocycles. The molecule has 0 atom stereocenters. The lowest BCUT2D eigenvalue weighted by molar-refractivity contribution is 0.295. The molecule has 0 aliphatic rings. The molecule has 3 aromatic heterocycles. The van der Waals surface area contributed by atoms with Crippen LogP contribution in [0.15, 0.2) is 36.5 Å². The predicted molar refractivity (Wildman–Crippen MR) is 96.6 cm³/mol. The van der Waals surface area contributed by atoms with Gasteiger partial charge in [0.1, 0.15) is 24.1 Å². The van der Waals surface area contributed by atoms with Gasteiger partial charge in [-0.25, -0.2) is 18.7 Å². The van der Waals surface area contributed by atoms with Gasteiger partial charge in [-0.1, -0.05) is 0 Å². The van der Waals surface area contributed by atoms with Crippen molar-refractivity contribution < 1.29 is 18.3 Å². The number of aromatic amines is 1. The number of hydrogen-bond donors (Lipinski definition) is 2. The second-order valence-electron chi connectivity index (χ2n) is 5.84. The number of ether oxygens (including phenoxy) is 2. The van der Waals surface area contributed by atoms with Gasteiger partial charge >= 0.3 is 0 Å². The number of methoxy groups -OCH3 is 1. The number of aromatic nitrogens is 5. The van der Waals surface area contributed by atoms with Crippen molar-refractivity contribution in [3.05, 3.63) is 53.7 Å². The topological polar surface area (TPSA) is 112 Å². The maximum atomic E-state index is 14.5. The smallest absolute Gasteiger partial charge is 0.212 e. The summed E-state index contributed by atoms with van der Waals surface area (Å²) >= 11 is 0. The number of pyridine rings is 2. The molecule has 0 spiro atoms. The molecule has 142 valence electrons. The van der Waals surface area contributed by atoms with Gasteiger partial charge in [-0.05, 0) is 23.8 Å². The molecule has 10 heteroatoms. The fourth-order valence-electron chi connectivity index (χ4n) is 2.67. The van der Waals surface area contributed by atoms with Gasteiger partial charge in [0.15, 0.2) is 11.3 Å². The van der Waals surface area contributed by atoms with Crippen molar-refractivity contribution in [2.75, 3.05) is 12.8 Å². The van der Waals surface area contributed by atoms with Crippen LogP contribution in [0.2, 0.25) is 0 Å². The second kappa shape index (κ2) is 7.06. The van der Waals surface area contributed by atoms with E-state index >= 15 is 0 Å². The molecule has 0 saturated carbocycles. The van der Waals surface area contributed by atoms with Crippen LogP contribution in [-0.4, -0.2) is 32.5 Å². The number of nitrogen functional groups attached to an aromatic ring is 1. The highest BCUT2D eigenvalue weighted by molar-refractivity contribution is 5.78. The Kier molecular flexibility index (Phi) is 4.44. The van der Waals surface area contributed by atoms with Crippen LogP contribution in [-0.2, 0) is 6.61 Å². The zero-order chi connectivity index (χ0) is 19.7. The van der Waals surface area contributed by atoms with Crippen LogP contribution in [0.5, 0.6) is 11.6 Å². The van der Waals surface area contributed by atoms with Crippen LogP contribution in [0.1, 0.15) is 5.56 Å². The van der Waals surface area contributed by atoms with Gasteiger partial charge in [-0.15, -0.1) is 5.10 Å². The molecule has 8 nitrogen and oxygen atoms in total. The third-order valence-corrected chi connectivity index (χ3v) is 4.07. The highest BCUT2D eigenvalue weighted by atomic mass is 19.1. The minimum absolute atomic E-state index is 0.152. The zero-order valence-corrected chi connectivity index (χ0v) is 14.6. The van der Waals surface area contributed by atoms with E-state index in [-0.39, 0.29) is 29.4 Å². The summed E-state index contributed by atoms with van der Waals surface area (Å²) < 4.78 is 39.6. The maximum absolute atomic E-state index is 14.5. The minimum atomic E-state index is -0.746. The number of H-pyrrole nitrogens is 1. The van der Waals surface area contributed by atoms with Crippen LogP contribution in [0, 0.1) is 11.6 Å². The van der Waals surface area contributed by atoms with Crippen molar-refractivity contribution in [1.29, 1.82) is 0 Å². The fraction of sp³-hybridized carbons (Fsp3) is 0.111. The molecule has 0 saturated heterocycles. The first-order chi connectivity index (χ1) is 13.5. The summed E-state index contributed by atoms with van der Waals surface area (Å²) in [5, 5.41) is 10.1. The van der Waals surface area contributed by atoms with Crippen LogP contribution >= 0.6 is 0 Å². The van der Waals surface area contributed by atoms with Gasteiger partial charge < -0.3 is 15.2 Å².